The van der Waals surface area contributed by atoms with Gasteiger partial charge in [-0.2, -0.15) is 31.6 Å². The molecule has 18 heteroatoms. The monoisotopic (exact) mass is 927 g/mol. The first-order valence-corrected chi connectivity index (χ1v) is 24.6. The van der Waals surface area contributed by atoms with Crippen molar-refractivity contribution in [3.8, 4) is 70.9 Å². The van der Waals surface area contributed by atoms with E-state index in [0.717, 1.165) is 33.4 Å². The van der Waals surface area contributed by atoms with Gasteiger partial charge in [-0.25, -0.2) is 0 Å². The van der Waals surface area contributed by atoms with Gasteiger partial charge >= 0.3 is 23.0 Å². The van der Waals surface area contributed by atoms with Crippen LogP contribution in [0.4, 0.5) is 0 Å². The SMILES string of the molecule is N#CCc1ccc(OP2(Oc3ccc(CC#N)cc3)=NP(Oc3ccc(CC#N)cc3)(Oc3ccc(CC#N)cc3)=NP(Oc3ccc(CC#N)cc3)(Oc3ccc(CC#N)cc3)=N2)cc1. The Morgan fingerprint density at radius 1 is 0.258 bits per heavy atom. The van der Waals surface area contributed by atoms with E-state index in [-0.39, 0.29) is 73.0 Å². The summed E-state index contributed by atoms with van der Waals surface area (Å²) in [5.41, 5.74) is 4.33. The lowest BCUT2D eigenvalue weighted by atomic mass is 10.2. The molecule has 0 radical (unpaired) electrons. The van der Waals surface area contributed by atoms with Crippen LogP contribution in [0, 0.1) is 68.0 Å². The molecule has 1 heterocycles. The Morgan fingerprint density at radius 3 is 0.515 bits per heavy atom. The molecule has 0 amide bonds. The van der Waals surface area contributed by atoms with Gasteiger partial charge in [0.25, 0.3) is 0 Å². The molecule has 6 aromatic rings. The predicted molar refractivity (Wildman–Crippen MR) is 246 cm³/mol. The van der Waals surface area contributed by atoms with Gasteiger partial charge in [-0.1, -0.05) is 86.3 Å². The maximum Gasteiger partial charge on any atom is 0.460 e. The van der Waals surface area contributed by atoms with Crippen molar-refractivity contribution in [1.82, 2.24) is 0 Å². The Bertz CT molecular complexity index is 2570. The van der Waals surface area contributed by atoms with E-state index < -0.39 is 23.0 Å². The van der Waals surface area contributed by atoms with Gasteiger partial charge in [0.1, 0.15) is 34.5 Å². The molecule has 0 N–H and O–H groups in total. The highest BCUT2D eigenvalue weighted by Crippen LogP contribution is 2.78. The number of nitrogens with zero attached hydrogens (tertiary/aromatic N) is 9. The van der Waals surface area contributed by atoms with Crippen LogP contribution in [0.2, 0.25) is 0 Å². The number of rotatable bonds is 18. The van der Waals surface area contributed by atoms with Gasteiger partial charge in [-0.3, -0.25) is 0 Å². The van der Waals surface area contributed by atoms with E-state index in [1.807, 2.05) is 0 Å². The summed E-state index contributed by atoms with van der Waals surface area (Å²) in [6.07, 6.45) is 0.875. The first-order chi connectivity index (χ1) is 32.2. The third kappa shape index (κ3) is 12.1. The standard InChI is InChI=1S/C48H36N9O6P3/c49-31-25-37-1-13-43(14-2-37)58-64(59-44-15-3-38(4-16-44)26-32-50)55-65(60-45-17-5-39(6-18-45)27-33-51,61-46-19-7-40(8-20-46)28-34-52)57-66(56-64,62-47-21-9-41(10-22-47)29-35-53)63-48-23-11-42(12-24-48)30-36-54/h1-24H,25-30H2. The van der Waals surface area contributed by atoms with Crippen LogP contribution in [-0.2, 0) is 38.5 Å². The van der Waals surface area contributed by atoms with Crippen LogP contribution < -0.4 is 27.1 Å². The Morgan fingerprint density at radius 2 is 0.394 bits per heavy atom. The van der Waals surface area contributed by atoms with Crippen LogP contribution in [0.25, 0.3) is 0 Å². The van der Waals surface area contributed by atoms with Crippen molar-refractivity contribution < 1.29 is 27.1 Å². The van der Waals surface area contributed by atoms with Gasteiger partial charge in [0, 0.05) is 0 Å². The molecule has 1 aliphatic heterocycles. The average molecular weight is 928 g/mol. The summed E-state index contributed by atoms with van der Waals surface area (Å²) < 4.78 is 56.9. The Hall–Kier alpha value is -8.25. The van der Waals surface area contributed by atoms with E-state index in [0.29, 0.717) is 0 Å². The second-order valence-electron chi connectivity index (χ2n) is 14.2. The van der Waals surface area contributed by atoms with Gasteiger partial charge in [-0.15, -0.1) is 0 Å². The highest BCUT2D eigenvalue weighted by Gasteiger charge is 2.49. The van der Waals surface area contributed by atoms with Crippen molar-refractivity contribution in [2.45, 2.75) is 38.5 Å². The molecule has 1 aliphatic rings. The van der Waals surface area contributed by atoms with Crippen molar-refractivity contribution in [3.63, 3.8) is 0 Å². The van der Waals surface area contributed by atoms with E-state index in [1.165, 1.54) is 0 Å². The van der Waals surface area contributed by atoms with Crippen molar-refractivity contribution in [2.24, 2.45) is 13.5 Å². The molecule has 15 nitrogen and oxygen atoms in total. The van der Waals surface area contributed by atoms with Crippen LogP contribution in [0.15, 0.2) is 159 Å². The van der Waals surface area contributed by atoms with Crippen LogP contribution in [0.5, 0.6) is 34.5 Å². The van der Waals surface area contributed by atoms with E-state index in [4.69, 9.17) is 40.7 Å². The molecule has 324 valence electrons. The molecule has 0 aromatic heterocycles. The molecular weight excluding hydrogens is 892 g/mol. The summed E-state index contributed by atoms with van der Waals surface area (Å²) in [5, 5.41) is 56.5. The fraction of sp³-hybridized carbons (Fsp3) is 0.125. The molecule has 0 spiro atoms. The maximum absolute atomic E-state index is 9.42. The normalized spacial score (nSPS) is 13.5. The lowest BCUT2D eigenvalue weighted by molar-refractivity contribution is 0.443. The summed E-state index contributed by atoms with van der Waals surface area (Å²) in [7, 11) is -12.9. The van der Waals surface area contributed by atoms with E-state index in [9.17, 15) is 31.6 Å². The number of nitriles is 6. The van der Waals surface area contributed by atoms with E-state index >= 15 is 0 Å². The zero-order chi connectivity index (χ0) is 46.2. The molecule has 0 unspecified atom stereocenters. The van der Waals surface area contributed by atoms with Gasteiger partial charge in [0.15, 0.2) is 0 Å². The fourth-order valence-electron chi connectivity index (χ4n) is 6.14. The predicted octanol–water partition coefficient (Wildman–Crippen LogP) is 12.7. The molecule has 0 saturated heterocycles. The molecule has 0 fully saturated rings. The third-order valence-corrected chi connectivity index (χ3v) is 17.4. The zero-order valence-electron chi connectivity index (χ0n) is 34.9. The van der Waals surface area contributed by atoms with E-state index in [2.05, 4.69) is 36.4 Å². The van der Waals surface area contributed by atoms with Gasteiger partial charge in [0.2, 0.25) is 0 Å². The minimum Gasteiger partial charge on any atom is -0.413 e. The van der Waals surface area contributed by atoms with Crippen molar-refractivity contribution >= 4 is 23.0 Å². The second kappa shape index (κ2) is 21.4. The molecule has 0 bridgehead atoms. The fourth-order valence-corrected chi connectivity index (χ4v) is 15.2. The van der Waals surface area contributed by atoms with Crippen LogP contribution in [0.1, 0.15) is 33.4 Å². The lowest BCUT2D eigenvalue weighted by Crippen LogP contribution is -2.11. The molecule has 66 heavy (non-hydrogen) atoms. The highest BCUT2D eigenvalue weighted by atomic mass is 31.3. The molecule has 6 aromatic carbocycles. The topological polar surface area (TPSA) is 235 Å². The van der Waals surface area contributed by atoms with E-state index in [1.54, 1.807) is 146 Å². The van der Waals surface area contributed by atoms with Gasteiger partial charge in [0.05, 0.1) is 74.9 Å². The largest absolute Gasteiger partial charge is 0.460 e. The zero-order valence-corrected chi connectivity index (χ0v) is 37.6. The first-order valence-electron chi connectivity index (χ1n) is 20.0. The van der Waals surface area contributed by atoms with Gasteiger partial charge < -0.3 is 27.1 Å². The Balaban J connectivity index is 1.55. The lowest BCUT2D eigenvalue weighted by Gasteiger charge is -2.33. The molecule has 0 aliphatic carbocycles. The third-order valence-electron chi connectivity index (χ3n) is 9.26. The first kappa shape index (κ1) is 45.8. The summed E-state index contributed by atoms with van der Waals surface area (Å²) in [4.78, 5) is 0. The Kier molecular flexibility index (Phi) is 14.9. The van der Waals surface area contributed by atoms with Crippen LogP contribution in [0.3, 0.4) is 0 Å². The number of benzene rings is 6. The highest BCUT2D eigenvalue weighted by molar-refractivity contribution is 7.79. The number of hydrogen-bond acceptors (Lipinski definition) is 15. The van der Waals surface area contributed by atoms with Crippen LogP contribution >= 0.6 is 23.0 Å². The molecule has 7 rings (SSSR count). The van der Waals surface area contributed by atoms with Crippen molar-refractivity contribution in [1.29, 1.82) is 31.6 Å². The maximum atomic E-state index is 9.42. The minimum absolute atomic E-state index is 0.146. The second-order valence-corrected chi connectivity index (χ2v) is 20.3. The minimum atomic E-state index is -4.31. The smallest absolute Gasteiger partial charge is 0.413 e. The summed E-state index contributed by atoms with van der Waals surface area (Å²) in [5.74, 6) is 1.42. The number of hydrogen-bond donors (Lipinski definition) is 0. The van der Waals surface area contributed by atoms with Gasteiger partial charge in [-0.05, 0) is 106 Å². The summed E-state index contributed by atoms with van der Waals surface area (Å²) in [6, 6.07) is 53.4. The van der Waals surface area contributed by atoms with Crippen LogP contribution in [-0.4, -0.2) is 0 Å². The average Bonchev–Trinajstić information content (AvgIpc) is 3.31. The van der Waals surface area contributed by atoms with Crippen molar-refractivity contribution in [2.75, 3.05) is 0 Å². The molecule has 0 saturated carbocycles. The summed E-state index contributed by atoms with van der Waals surface area (Å²) in [6.45, 7) is 0. The molecular formula is C48H36N9O6P3. The summed E-state index contributed by atoms with van der Waals surface area (Å²) >= 11 is 0. The molecule has 0 atom stereocenters. The van der Waals surface area contributed by atoms with Crippen molar-refractivity contribution in [3.05, 3.63) is 179 Å². The Labute approximate surface area is 382 Å². The quantitative estimate of drug-likeness (QED) is 0.0732.